The van der Waals surface area contributed by atoms with Crippen LogP contribution in [0.3, 0.4) is 0 Å². The molecular formula is C14H14F2N2O. The predicted octanol–water partition coefficient (Wildman–Crippen LogP) is 3.60. The number of aryl methyl sites for hydroxylation is 1. The Kier molecular flexibility index (Phi) is 4.28. The summed E-state index contributed by atoms with van der Waals surface area (Å²) in [5.41, 5.74) is 3.04. The minimum absolute atomic E-state index is 0.163. The van der Waals surface area contributed by atoms with Crippen molar-refractivity contribution in [1.82, 2.24) is 4.98 Å². The van der Waals surface area contributed by atoms with E-state index in [9.17, 15) is 8.78 Å². The number of hydrogen-bond acceptors (Lipinski definition) is 3. The number of rotatable bonds is 5. The molecule has 0 spiro atoms. The van der Waals surface area contributed by atoms with Crippen molar-refractivity contribution >= 4 is 5.69 Å². The Labute approximate surface area is 110 Å². The highest BCUT2D eigenvalue weighted by Gasteiger charge is 2.03. The van der Waals surface area contributed by atoms with Crippen molar-refractivity contribution in [1.29, 1.82) is 0 Å². The zero-order valence-corrected chi connectivity index (χ0v) is 10.4. The maximum atomic E-state index is 12.0. The van der Waals surface area contributed by atoms with Crippen molar-refractivity contribution in [2.24, 2.45) is 0 Å². The van der Waals surface area contributed by atoms with Crippen LogP contribution in [0.1, 0.15) is 11.1 Å². The van der Waals surface area contributed by atoms with Crippen LogP contribution in [0, 0.1) is 6.92 Å². The van der Waals surface area contributed by atoms with Crippen LogP contribution < -0.4 is 10.1 Å². The molecule has 0 aliphatic rings. The summed E-state index contributed by atoms with van der Waals surface area (Å²) in [7, 11) is 0. The molecule has 1 heterocycles. The van der Waals surface area contributed by atoms with Crippen molar-refractivity contribution in [3.8, 4) is 5.75 Å². The predicted molar refractivity (Wildman–Crippen MR) is 69.4 cm³/mol. The third kappa shape index (κ3) is 3.91. The molecule has 1 aromatic heterocycles. The topological polar surface area (TPSA) is 34.2 Å². The monoisotopic (exact) mass is 264 g/mol. The number of nitrogens with one attached hydrogen (secondary N) is 1. The van der Waals surface area contributed by atoms with E-state index in [1.165, 1.54) is 12.1 Å². The molecule has 2 rings (SSSR count). The van der Waals surface area contributed by atoms with Gasteiger partial charge in [0.2, 0.25) is 0 Å². The second-order valence-corrected chi connectivity index (χ2v) is 4.07. The molecule has 0 radical (unpaired) electrons. The zero-order chi connectivity index (χ0) is 13.7. The summed E-state index contributed by atoms with van der Waals surface area (Å²) >= 11 is 0. The number of pyridine rings is 1. The smallest absolute Gasteiger partial charge is 0.387 e. The van der Waals surface area contributed by atoms with E-state index in [1.807, 2.05) is 13.0 Å². The van der Waals surface area contributed by atoms with Crippen LogP contribution in [0.15, 0.2) is 42.7 Å². The van der Waals surface area contributed by atoms with Gasteiger partial charge in [-0.2, -0.15) is 8.78 Å². The van der Waals surface area contributed by atoms with Crippen molar-refractivity contribution in [2.45, 2.75) is 20.1 Å². The Morgan fingerprint density at radius 2 is 1.95 bits per heavy atom. The van der Waals surface area contributed by atoms with Crippen molar-refractivity contribution < 1.29 is 13.5 Å². The fourth-order valence-corrected chi connectivity index (χ4v) is 1.64. The molecule has 0 bridgehead atoms. The maximum Gasteiger partial charge on any atom is 0.387 e. The number of nitrogens with zero attached hydrogens (tertiary/aromatic N) is 1. The molecule has 1 N–H and O–H groups in total. The van der Waals surface area contributed by atoms with E-state index in [4.69, 9.17) is 0 Å². The molecule has 0 atom stereocenters. The number of anilines is 1. The molecule has 0 saturated heterocycles. The largest absolute Gasteiger partial charge is 0.435 e. The van der Waals surface area contributed by atoms with Crippen LogP contribution in [0.5, 0.6) is 5.75 Å². The van der Waals surface area contributed by atoms with E-state index in [0.29, 0.717) is 6.54 Å². The lowest BCUT2D eigenvalue weighted by atomic mass is 10.2. The summed E-state index contributed by atoms with van der Waals surface area (Å²) in [5.74, 6) is 0.163. The second-order valence-electron chi connectivity index (χ2n) is 4.07. The molecule has 2 aromatic rings. The molecule has 0 aliphatic heterocycles. The molecule has 0 amide bonds. The van der Waals surface area contributed by atoms with Gasteiger partial charge in [0.05, 0.1) is 11.9 Å². The summed E-state index contributed by atoms with van der Waals surface area (Å²) in [4.78, 5) is 4.04. The zero-order valence-electron chi connectivity index (χ0n) is 10.4. The van der Waals surface area contributed by atoms with Gasteiger partial charge in [-0.05, 0) is 36.2 Å². The Bertz CT molecular complexity index is 529. The number of benzene rings is 1. The first kappa shape index (κ1) is 13.3. The maximum absolute atomic E-state index is 12.0. The fourth-order valence-electron chi connectivity index (χ4n) is 1.64. The van der Waals surface area contributed by atoms with Crippen LogP contribution in [0.4, 0.5) is 14.5 Å². The minimum atomic E-state index is -2.79. The molecule has 1 aromatic carbocycles. The average molecular weight is 264 g/mol. The number of alkyl halides is 2. The molecule has 19 heavy (non-hydrogen) atoms. The van der Waals surface area contributed by atoms with Gasteiger partial charge in [0.15, 0.2) is 0 Å². The number of hydrogen-bond donors (Lipinski definition) is 1. The van der Waals surface area contributed by atoms with Crippen LogP contribution >= 0.6 is 0 Å². The standard InChI is InChI=1S/C14H14F2N2O/c1-10-6-7-17-9-13(10)18-8-11-2-4-12(5-3-11)19-14(15)16/h2-7,9,14,18H,8H2,1H3. The van der Waals surface area contributed by atoms with Gasteiger partial charge >= 0.3 is 6.61 Å². The van der Waals surface area contributed by atoms with E-state index >= 15 is 0 Å². The highest BCUT2D eigenvalue weighted by Crippen LogP contribution is 2.17. The van der Waals surface area contributed by atoms with Gasteiger partial charge < -0.3 is 10.1 Å². The van der Waals surface area contributed by atoms with Gasteiger partial charge in [-0.15, -0.1) is 0 Å². The van der Waals surface area contributed by atoms with Gasteiger partial charge in [-0.1, -0.05) is 12.1 Å². The summed E-state index contributed by atoms with van der Waals surface area (Å²) in [6.07, 6.45) is 3.49. The molecule has 3 nitrogen and oxygen atoms in total. The third-order valence-corrected chi connectivity index (χ3v) is 2.67. The highest BCUT2D eigenvalue weighted by molar-refractivity contribution is 5.48. The molecule has 0 aliphatic carbocycles. The van der Waals surface area contributed by atoms with Gasteiger partial charge in [0.25, 0.3) is 0 Å². The van der Waals surface area contributed by atoms with E-state index in [0.717, 1.165) is 16.8 Å². The van der Waals surface area contributed by atoms with Gasteiger partial charge in [0.1, 0.15) is 5.75 Å². The average Bonchev–Trinajstić information content (AvgIpc) is 2.39. The van der Waals surface area contributed by atoms with Crippen LogP contribution in [0.2, 0.25) is 0 Å². The molecule has 100 valence electrons. The Balaban J connectivity index is 1.95. The van der Waals surface area contributed by atoms with E-state index in [2.05, 4.69) is 15.0 Å². The molecule has 5 heteroatoms. The number of halogens is 2. The Hall–Kier alpha value is -2.17. The molecular weight excluding hydrogens is 250 g/mol. The summed E-state index contributed by atoms with van der Waals surface area (Å²) in [5, 5.41) is 3.24. The molecule has 0 unspecified atom stereocenters. The lowest BCUT2D eigenvalue weighted by Crippen LogP contribution is -2.03. The van der Waals surface area contributed by atoms with E-state index in [-0.39, 0.29) is 5.75 Å². The third-order valence-electron chi connectivity index (χ3n) is 2.67. The minimum Gasteiger partial charge on any atom is -0.435 e. The normalized spacial score (nSPS) is 10.5. The fraction of sp³-hybridized carbons (Fsp3) is 0.214. The quantitative estimate of drug-likeness (QED) is 0.895. The van der Waals surface area contributed by atoms with Crippen LogP contribution in [0.25, 0.3) is 0 Å². The second kappa shape index (κ2) is 6.13. The van der Waals surface area contributed by atoms with E-state index < -0.39 is 6.61 Å². The van der Waals surface area contributed by atoms with Crippen molar-refractivity contribution in [2.75, 3.05) is 5.32 Å². The first-order valence-electron chi connectivity index (χ1n) is 5.83. The number of aromatic nitrogens is 1. The van der Waals surface area contributed by atoms with Crippen LogP contribution in [-0.2, 0) is 6.54 Å². The van der Waals surface area contributed by atoms with Gasteiger partial charge in [0, 0.05) is 12.7 Å². The van der Waals surface area contributed by atoms with Crippen molar-refractivity contribution in [3.63, 3.8) is 0 Å². The Morgan fingerprint density at radius 1 is 1.21 bits per heavy atom. The van der Waals surface area contributed by atoms with Crippen LogP contribution in [-0.4, -0.2) is 11.6 Å². The highest BCUT2D eigenvalue weighted by atomic mass is 19.3. The Morgan fingerprint density at radius 3 is 2.58 bits per heavy atom. The molecule has 0 saturated carbocycles. The summed E-state index contributed by atoms with van der Waals surface area (Å²) in [6.45, 7) is -0.201. The number of ether oxygens (including phenoxy) is 1. The molecule has 0 fully saturated rings. The van der Waals surface area contributed by atoms with Crippen molar-refractivity contribution in [3.05, 3.63) is 53.9 Å². The SMILES string of the molecule is Cc1ccncc1NCc1ccc(OC(F)F)cc1. The lowest BCUT2D eigenvalue weighted by Gasteiger charge is -2.09. The summed E-state index contributed by atoms with van der Waals surface area (Å²) in [6, 6.07) is 8.47. The van der Waals surface area contributed by atoms with Gasteiger partial charge in [-0.25, -0.2) is 0 Å². The summed E-state index contributed by atoms with van der Waals surface area (Å²) < 4.78 is 28.3. The first-order valence-corrected chi connectivity index (χ1v) is 5.83. The van der Waals surface area contributed by atoms with Gasteiger partial charge in [-0.3, -0.25) is 4.98 Å². The first-order chi connectivity index (χ1) is 9.15. The lowest BCUT2D eigenvalue weighted by molar-refractivity contribution is -0.0498. The van der Waals surface area contributed by atoms with E-state index in [1.54, 1.807) is 24.5 Å².